The molecule has 25 heavy (non-hydrogen) atoms. The maximum atomic E-state index is 12.6. The number of hydrogen-bond acceptors (Lipinski definition) is 7. The number of amides is 1. The van der Waals surface area contributed by atoms with Crippen molar-refractivity contribution >= 4 is 11.7 Å². The number of nitrogen functional groups attached to an aromatic ring is 1. The smallest absolute Gasteiger partial charge is 0.274 e. The third-order valence-corrected chi connectivity index (χ3v) is 4.24. The van der Waals surface area contributed by atoms with Crippen molar-refractivity contribution in [2.24, 2.45) is 0 Å². The molecule has 0 radical (unpaired) electrons. The number of aromatic nitrogens is 4. The molecule has 1 aliphatic carbocycles. The van der Waals surface area contributed by atoms with Gasteiger partial charge < -0.3 is 15.5 Å². The minimum atomic E-state index is -0.360. The Kier molecular flexibility index (Phi) is 3.64. The maximum absolute atomic E-state index is 12.6. The Morgan fingerprint density at radius 2 is 2.28 bits per heavy atom. The number of rotatable bonds is 3. The lowest BCUT2D eigenvalue weighted by molar-refractivity contribution is 0.0931. The lowest BCUT2D eigenvalue weighted by atomic mass is 10.2. The van der Waals surface area contributed by atoms with Crippen molar-refractivity contribution in [3.8, 4) is 11.5 Å². The summed E-state index contributed by atoms with van der Waals surface area (Å²) >= 11 is 0. The van der Waals surface area contributed by atoms with Gasteiger partial charge in [0.15, 0.2) is 23.7 Å². The van der Waals surface area contributed by atoms with Crippen LogP contribution in [-0.4, -0.2) is 25.8 Å². The van der Waals surface area contributed by atoms with Gasteiger partial charge in [0.05, 0.1) is 23.6 Å². The molecule has 0 saturated heterocycles. The summed E-state index contributed by atoms with van der Waals surface area (Å²) in [6.45, 7) is 1.74. The van der Waals surface area contributed by atoms with E-state index in [0.717, 1.165) is 24.1 Å². The van der Waals surface area contributed by atoms with Gasteiger partial charge in [-0.15, -0.1) is 0 Å². The van der Waals surface area contributed by atoms with Crippen LogP contribution in [0, 0.1) is 6.92 Å². The average molecular weight is 336 g/mol. The molecule has 8 heteroatoms. The van der Waals surface area contributed by atoms with Gasteiger partial charge in [-0.2, -0.15) is 0 Å². The van der Waals surface area contributed by atoms with Crippen LogP contribution in [0.4, 0.5) is 5.82 Å². The number of aryl methyl sites for hydroxylation is 2. The highest BCUT2D eigenvalue weighted by atomic mass is 16.3. The van der Waals surface area contributed by atoms with Crippen molar-refractivity contribution in [3.05, 3.63) is 53.6 Å². The molecule has 0 spiro atoms. The first kappa shape index (κ1) is 15.3. The lowest BCUT2D eigenvalue weighted by Gasteiger charge is -2.14. The number of fused-ring (bicyclic) bond motifs is 1. The minimum Gasteiger partial charge on any atom is -0.442 e. The third kappa shape index (κ3) is 2.71. The molecule has 3 aromatic heterocycles. The number of nitrogens with one attached hydrogen (secondary N) is 1. The van der Waals surface area contributed by atoms with Gasteiger partial charge in [-0.25, -0.2) is 15.0 Å². The number of nitrogens with two attached hydrogens (primary N) is 1. The number of oxazole rings is 1. The van der Waals surface area contributed by atoms with E-state index in [1.807, 2.05) is 12.1 Å². The first-order valence-corrected chi connectivity index (χ1v) is 7.91. The van der Waals surface area contributed by atoms with Crippen molar-refractivity contribution in [2.75, 3.05) is 5.73 Å². The van der Waals surface area contributed by atoms with Gasteiger partial charge in [0, 0.05) is 6.20 Å². The molecule has 0 fully saturated rings. The number of nitrogens with zero attached hydrogens (tertiary/aromatic N) is 4. The van der Waals surface area contributed by atoms with E-state index in [1.165, 1.54) is 12.6 Å². The molecule has 1 unspecified atom stereocenters. The summed E-state index contributed by atoms with van der Waals surface area (Å²) in [5.41, 5.74) is 9.13. The molecule has 126 valence electrons. The Morgan fingerprint density at radius 1 is 1.40 bits per heavy atom. The van der Waals surface area contributed by atoms with Crippen molar-refractivity contribution in [2.45, 2.75) is 25.8 Å². The number of pyridine rings is 1. The molecule has 3 aromatic rings. The molecule has 4 rings (SSSR count). The van der Waals surface area contributed by atoms with E-state index >= 15 is 0 Å². The van der Waals surface area contributed by atoms with Crippen LogP contribution >= 0.6 is 0 Å². The zero-order valence-electron chi connectivity index (χ0n) is 13.6. The highest BCUT2D eigenvalue weighted by molar-refractivity contribution is 5.97. The monoisotopic (exact) mass is 336 g/mol. The molecular weight excluding hydrogens is 320 g/mol. The SMILES string of the molecule is Cc1nc(C(=O)NC2CCc3cccnc32)c(N)nc1-c1cnco1. The first-order chi connectivity index (χ1) is 12.1. The van der Waals surface area contributed by atoms with Crippen LogP contribution in [0.25, 0.3) is 11.5 Å². The molecule has 0 aliphatic heterocycles. The summed E-state index contributed by atoms with van der Waals surface area (Å²) in [7, 11) is 0. The summed E-state index contributed by atoms with van der Waals surface area (Å²) in [6.07, 6.45) is 6.25. The Labute approximate surface area is 143 Å². The van der Waals surface area contributed by atoms with E-state index in [2.05, 4.69) is 25.3 Å². The summed E-state index contributed by atoms with van der Waals surface area (Å²) in [5.74, 6) is 0.145. The third-order valence-electron chi connectivity index (χ3n) is 4.24. The summed E-state index contributed by atoms with van der Waals surface area (Å²) < 4.78 is 5.22. The fraction of sp³-hybridized carbons (Fsp3) is 0.235. The van der Waals surface area contributed by atoms with Crippen LogP contribution in [0.2, 0.25) is 0 Å². The molecular formula is C17H16N6O2. The summed E-state index contributed by atoms with van der Waals surface area (Å²) in [6, 6.07) is 3.79. The molecule has 0 bridgehead atoms. The van der Waals surface area contributed by atoms with Crippen LogP contribution in [0.1, 0.15) is 39.9 Å². The second-order valence-electron chi connectivity index (χ2n) is 5.87. The number of carbonyl (C=O) groups is 1. The van der Waals surface area contributed by atoms with Gasteiger partial charge in [0.2, 0.25) is 0 Å². The lowest BCUT2D eigenvalue weighted by Crippen LogP contribution is -2.29. The largest absolute Gasteiger partial charge is 0.442 e. The minimum absolute atomic E-state index is 0.0498. The summed E-state index contributed by atoms with van der Waals surface area (Å²) in [4.78, 5) is 29.4. The molecule has 1 amide bonds. The van der Waals surface area contributed by atoms with E-state index in [0.29, 0.717) is 17.1 Å². The Balaban J connectivity index is 1.60. The molecule has 3 heterocycles. The number of anilines is 1. The van der Waals surface area contributed by atoms with E-state index in [1.54, 1.807) is 13.1 Å². The van der Waals surface area contributed by atoms with Crippen molar-refractivity contribution in [1.29, 1.82) is 0 Å². The van der Waals surface area contributed by atoms with Crippen molar-refractivity contribution in [3.63, 3.8) is 0 Å². The fourth-order valence-electron chi connectivity index (χ4n) is 3.05. The average Bonchev–Trinajstić information content (AvgIpc) is 3.27. The fourth-order valence-corrected chi connectivity index (χ4v) is 3.05. The Bertz CT molecular complexity index is 938. The predicted octanol–water partition coefficient (Wildman–Crippen LogP) is 1.83. The van der Waals surface area contributed by atoms with Crippen molar-refractivity contribution < 1.29 is 9.21 Å². The van der Waals surface area contributed by atoms with E-state index in [4.69, 9.17) is 10.2 Å². The van der Waals surface area contributed by atoms with Gasteiger partial charge in [-0.3, -0.25) is 9.78 Å². The molecule has 1 aliphatic rings. The van der Waals surface area contributed by atoms with Crippen LogP contribution in [-0.2, 0) is 6.42 Å². The second-order valence-corrected chi connectivity index (χ2v) is 5.87. The molecule has 0 saturated carbocycles. The quantitative estimate of drug-likeness (QED) is 0.748. The van der Waals surface area contributed by atoms with Crippen molar-refractivity contribution in [1.82, 2.24) is 25.3 Å². The number of carbonyl (C=O) groups excluding carboxylic acids is 1. The molecule has 1 atom stereocenters. The maximum Gasteiger partial charge on any atom is 0.274 e. The topological polar surface area (TPSA) is 120 Å². The van der Waals surface area contributed by atoms with Gasteiger partial charge in [0.25, 0.3) is 5.91 Å². The van der Waals surface area contributed by atoms with Crippen LogP contribution in [0.5, 0.6) is 0 Å². The van der Waals surface area contributed by atoms with E-state index in [-0.39, 0.29) is 23.5 Å². The zero-order valence-corrected chi connectivity index (χ0v) is 13.6. The molecule has 8 nitrogen and oxygen atoms in total. The highest BCUT2D eigenvalue weighted by Gasteiger charge is 2.27. The van der Waals surface area contributed by atoms with Gasteiger partial charge in [-0.1, -0.05) is 6.07 Å². The van der Waals surface area contributed by atoms with Crippen LogP contribution in [0.3, 0.4) is 0 Å². The van der Waals surface area contributed by atoms with Gasteiger partial charge in [-0.05, 0) is 31.4 Å². The van der Waals surface area contributed by atoms with Crippen LogP contribution in [0.15, 0.2) is 35.3 Å². The van der Waals surface area contributed by atoms with Gasteiger partial charge in [0.1, 0.15) is 5.69 Å². The summed E-state index contributed by atoms with van der Waals surface area (Å²) in [5, 5.41) is 2.95. The second kappa shape index (κ2) is 5.97. The molecule has 3 N–H and O–H groups in total. The first-order valence-electron chi connectivity index (χ1n) is 7.91. The highest BCUT2D eigenvalue weighted by Crippen LogP contribution is 2.29. The van der Waals surface area contributed by atoms with E-state index in [9.17, 15) is 4.79 Å². The predicted molar refractivity (Wildman–Crippen MR) is 89.4 cm³/mol. The normalized spacial score (nSPS) is 15.8. The Hall–Kier alpha value is -3.29. The Morgan fingerprint density at radius 3 is 3.08 bits per heavy atom. The molecule has 0 aromatic carbocycles. The zero-order chi connectivity index (χ0) is 17.4. The van der Waals surface area contributed by atoms with Crippen LogP contribution < -0.4 is 11.1 Å². The van der Waals surface area contributed by atoms with Gasteiger partial charge >= 0.3 is 0 Å². The van der Waals surface area contributed by atoms with E-state index < -0.39 is 0 Å². The number of hydrogen-bond donors (Lipinski definition) is 2. The standard InChI is InChI=1S/C17H16N6O2/c1-9-13(12-7-19-8-25-12)23-16(18)15(21-9)17(24)22-11-5-4-10-3-2-6-20-14(10)11/h2-3,6-8,11H,4-5H2,1H3,(H2,18,23)(H,22,24).